The van der Waals surface area contributed by atoms with Gasteiger partial charge in [0.15, 0.2) is 0 Å². The van der Waals surface area contributed by atoms with Crippen LogP contribution in [0.25, 0.3) is 0 Å². The number of hydrogen-bond donors (Lipinski definition) is 0. The SMILES string of the molecule is CN(CCc1ccccn1)C(=O)CCCCl. The molecule has 4 heteroatoms. The fraction of sp³-hybridized carbons (Fsp3) is 0.500. The average molecular weight is 241 g/mol. The van der Waals surface area contributed by atoms with E-state index in [1.54, 1.807) is 11.1 Å². The second-order valence-corrected chi connectivity index (χ2v) is 4.06. The molecule has 0 unspecified atom stereocenters. The predicted molar refractivity (Wildman–Crippen MR) is 65.5 cm³/mol. The summed E-state index contributed by atoms with van der Waals surface area (Å²) in [5.74, 6) is 0.691. The molecule has 1 heterocycles. The van der Waals surface area contributed by atoms with Gasteiger partial charge in [0, 0.05) is 44.2 Å². The van der Waals surface area contributed by atoms with Gasteiger partial charge in [0.25, 0.3) is 0 Å². The minimum Gasteiger partial charge on any atom is -0.345 e. The number of alkyl halides is 1. The molecule has 0 radical (unpaired) electrons. The highest BCUT2D eigenvalue weighted by Gasteiger charge is 2.07. The number of amides is 1. The Hall–Kier alpha value is -1.09. The number of rotatable bonds is 6. The van der Waals surface area contributed by atoms with Gasteiger partial charge in [-0.05, 0) is 18.6 Å². The number of nitrogens with zero attached hydrogens (tertiary/aromatic N) is 2. The summed E-state index contributed by atoms with van der Waals surface area (Å²) in [6.07, 6.45) is 3.84. The predicted octanol–water partition coefficient (Wildman–Crippen LogP) is 2.10. The molecule has 0 saturated heterocycles. The van der Waals surface area contributed by atoms with Gasteiger partial charge in [-0.25, -0.2) is 0 Å². The van der Waals surface area contributed by atoms with E-state index in [-0.39, 0.29) is 5.91 Å². The molecule has 0 aliphatic rings. The zero-order chi connectivity index (χ0) is 11.8. The number of likely N-dealkylation sites (N-methyl/N-ethyl adjacent to an activating group) is 1. The van der Waals surface area contributed by atoms with Gasteiger partial charge in [-0.3, -0.25) is 9.78 Å². The maximum Gasteiger partial charge on any atom is 0.222 e. The first kappa shape index (κ1) is 13.0. The number of hydrogen-bond acceptors (Lipinski definition) is 2. The standard InChI is InChI=1S/C12H17ClN2O/c1-15(12(16)6-4-8-13)10-7-11-5-2-3-9-14-11/h2-3,5,9H,4,6-8,10H2,1H3. The number of carbonyl (C=O) groups excluding carboxylic acids is 1. The molecule has 1 aromatic rings. The van der Waals surface area contributed by atoms with Crippen LogP contribution in [0.15, 0.2) is 24.4 Å². The number of aromatic nitrogens is 1. The molecule has 88 valence electrons. The lowest BCUT2D eigenvalue weighted by Crippen LogP contribution is -2.28. The quantitative estimate of drug-likeness (QED) is 0.714. The summed E-state index contributed by atoms with van der Waals surface area (Å²) in [6, 6.07) is 5.81. The third kappa shape index (κ3) is 4.62. The van der Waals surface area contributed by atoms with Gasteiger partial charge in [-0.1, -0.05) is 6.07 Å². The van der Waals surface area contributed by atoms with Gasteiger partial charge < -0.3 is 4.90 Å². The third-order valence-corrected chi connectivity index (χ3v) is 2.65. The zero-order valence-corrected chi connectivity index (χ0v) is 10.3. The van der Waals surface area contributed by atoms with Crippen molar-refractivity contribution in [2.24, 2.45) is 0 Å². The molecule has 3 nitrogen and oxygen atoms in total. The largest absolute Gasteiger partial charge is 0.345 e. The molecule has 1 amide bonds. The van der Waals surface area contributed by atoms with Gasteiger partial charge in [-0.15, -0.1) is 11.6 Å². The lowest BCUT2D eigenvalue weighted by molar-refractivity contribution is -0.129. The molecular formula is C12H17ClN2O. The fourth-order valence-corrected chi connectivity index (χ4v) is 1.50. The first-order valence-electron chi connectivity index (χ1n) is 5.44. The molecule has 16 heavy (non-hydrogen) atoms. The Morgan fingerprint density at radius 3 is 2.94 bits per heavy atom. The maximum absolute atomic E-state index is 11.6. The van der Waals surface area contributed by atoms with Crippen LogP contribution in [-0.2, 0) is 11.2 Å². The van der Waals surface area contributed by atoms with Gasteiger partial charge in [0.05, 0.1) is 0 Å². The molecule has 0 aliphatic heterocycles. The first-order valence-corrected chi connectivity index (χ1v) is 5.97. The van der Waals surface area contributed by atoms with Crippen molar-refractivity contribution in [3.05, 3.63) is 30.1 Å². The lowest BCUT2D eigenvalue weighted by atomic mass is 10.2. The monoisotopic (exact) mass is 240 g/mol. The minimum absolute atomic E-state index is 0.150. The lowest BCUT2D eigenvalue weighted by Gasteiger charge is -2.16. The number of halogens is 1. The highest BCUT2D eigenvalue weighted by atomic mass is 35.5. The van der Waals surface area contributed by atoms with E-state index in [1.807, 2.05) is 25.2 Å². The molecule has 1 rings (SSSR count). The van der Waals surface area contributed by atoms with Gasteiger partial charge >= 0.3 is 0 Å². The molecule has 1 aromatic heterocycles. The summed E-state index contributed by atoms with van der Waals surface area (Å²) in [5.41, 5.74) is 1.01. The summed E-state index contributed by atoms with van der Waals surface area (Å²) >= 11 is 5.54. The minimum atomic E-state index is 0.150. The van der Waals surface area contributed by atoms with Crippen LogP contribution in [0.1, 0.15) is 18.5 Å². The number of carbonyl (C=O) groups is 1. The summed E-state index contributed by atoms with van der Waals surface area (Å²) in [4.78, 5) is 17.5. The van der Waals surface area contributed by atoms with Crippen LogP contribution in [0.3, 0.4) is 0 Å². The van der Waals surface area contributed by atoms with E-state index >= 15 is 0 Å². The molecule has 0 aliphatic carbocycles. The topological polar surface area (TPSA) is 33.2 Å². The molecule has 0 saturated carbocycles. The Balaban J connectivity index is 2.29. The van der Waals surface area contributed by atoms with Crippen LogP contribution in [0.2, 0.25) is 0 Å². The average Bonchev–Trinajstić information content (AvgIpc) is 2.34. The summed E-state index contributed by atoms with van der Waals surface area (Å²) in [5, 5.41) is 0. The van der Waals surface area contributed by atoms with E-state index in [2.05, 4.69) is 4.98 Å². The van der Waals surface area contributed by atoms with E-state index in [1.165, 1.54) is 0 Å². The first-order chi connectivity index (χ1) is 7.74. The van der Waals surface area contributed by atoms with E-state index in [0.29, 0.717) is 18.8 Å². The summed E-state index contributed by atoms with van der Waals surface area (Å²) < 4.78 is 0. The molecule has 0 atom stereocenters. The number of pyridine rings is 1. The van der Waals surface area contributed by atoms with Crippen molar-refractivity contribution in [1.82, 2.24) is 9.88 Å². The van der Waals surface area contributed by atoms with E-state index in [0.717, 1.165) is 18.5 Å². The molecule has 0 fully saturated rings. The van der Waals surface area contributed by atoms with Crippen LogP contribution < -0.4 is 0 Å². The van der Waals surface area contributed by atoms with E-state index < -0.39 is 0 Å². The Morgan fingerprint density at radius 1 is 1.50 bits per heavy atom. The van der Waals surface area contributed by atoms with Gasteiger partial charge in [0.2, 0.25) is 5.91 Å². The molecule has 0 bridgehead atoms. The van der Waals surface area contributed by atoms with Crippen LogP contribution >= 0.6 is 11.6 Å². The summed E-state index contributed by atoms with van der Waals surface area (Å²) in [6.45, 7) is 0.706. The van der Waals surface area contributed by atoms with E-state index in [4.69, 9.17) is 11.6 Å². The highest BCUT2D eigenvalue weighted by Crippen LogP contribution is 2.00. The van der Waals surface area contributed by atoms with Crippen molar-refractivity contribution in [1.29, 1.82) is 0 Å². The van der Waals surface area contributed by atoms with Crippen LogP contribution in [-0.4, -0.2) is 35.3 Å². The van der Waals surface area contributed by atoms with Crippen molar-refractivity contribution < 1.29 is 4.79 Å². The van der Waals surface area contributed by atoms with Crippen molar-refractivity contribution in [2.45, 2.75) is 19.3 Å². The Kier molecular flexibility index (Phi) is 5.86. The van der Waals surface area contributed by atoms with E-state index in [9.17, 15) is 4.79 Å². The van der Waals surface area contributed by atoms with Crippen LogP contribution in [0.5, 0.6) is 0 Å². The molecular weight excluding hydrogens is 224 g/mol. The molecule has 0 N–H and O–H groups in total. The maximum atomic E-state index is 11.6. The van der Waals surface area contributed by atoms with Crippen molar-refractivity contribution in [2.75, 3.05) is 19.5 Å². The van der Waals surface area contributed by atoms with Crippen molar-refractivity contribution in [3.8, 4) is 0 Å². The Bertz CT molecular complexity index is 316. The van der Waals surface area contributed by atoms with Crippen molar-refractivity contribution in [3.63, 3.8) is 0 Å². The van der Waals surface area contributed by atoms with Crippen molar-refractivity contribution >= 4 is 17.5 Å². The van der Waals surface area contributed by atoms with Gasteiger partial charge in [-0.2, -0.15) is 0 Å². The van der Waals surface area contributed by atoms with Crippen LogP contribution in [0.4, 0.5) is 0 Å². The normalized spacial score (nSPS) is 10.1. The Morgan fingerprint density at radius 2 is 2.31 bits per heavy atom. The zero-order valence-electron chi connectivity index (χ0n) is 9.53. The van der Waals surface area contributed by atoms with Crippen LogP contribution in [0, 0.1) is 0 Å². The Labute approximate surface area is 101 Å². The second kappa shape index (κ2) is 7.23. The fourth-order valence-electron chi connectivity index (χ4n) is 1.36. The smallest absolute Gasteiger partial charge is 0.222 e. The summed E-state index contributed by atoms with van der Waals surface area (Å²) in [7, 11) is 1.82. The van der Waals surface area contributed by atoms with Gasteiger partial charge in [0.1, 0.15) is 0 Å². The second-order valence-electron chi connectivity index (χ2n) is 3.68. The highest BCUT2D eigenvalue weighted by molar-refractivity contribution is 6.17. The molecule has 0 aromatic carbocycles. The third-order valence-electron chi connectivity index (χ3n) is 2.38. The molecule has 0 spiro atoms.